The minimum Gasteiger partial charge on any atom is -0.352 e. The second-order valence-corrected chi connectivity index (χ2v) is 9.08. The highest BCUT2D eigenvalue weighted by atomic mass is 79.9. The fraction of sp³-hybridized carbons (Fsp3) is 0.350. The molecule has 7 heteroatoms. The first kappa shape index (κ1) is 17.1. The molecule has 3 heterocycles. The van der Waals surface area contributed by atoms with Crippen LogP contribution in [-0.2, 0) is 4.79 Å². The van der Waals surface area contributed by atoms with E-state index in [1.54, 1.807) is 17.7 Å². The number of piperazine rings is 1. The number of thiophene rings is 1. The maximum Gasteiger partial charge on any atom is 0.225 e. The number of nitrogens with zero attached hydrogens (tertiary/aromatic N) is 4. The average molecular weight is 443 g/mol. The quantitative estimate of drug-likeness (QED) is 0.610. The Hall–Kier alpha value is -1.99. The summed E-state index contributed by atoms with van der Waals surface area (Å²) in [6.45, 7) is 3.23. The summed E-state index contributed by atoms with van der Waals surface area (Å²) >= 11 is 5.23. The highest BCUT2D eigenvalue weighted by molar-refractivity contribution is 9.10. The number of rotatable bonds is 3. The van der Waals surface area contributed by atoms with Crippen LogP contribution in [0.2, 0.25) is 0 Å². The molecule has 2 fully saturated rings. The zero-order chi connectivity index (χ0) is 18.4. The van der Waals surface area contributed by atoms with Crippen molar-refractivity contribution in [2.75, 3.05) is 31.1 Å². The molecule has 5 rings (SSSR count). The van der Waals surface area contributed by atoms with Crippen LogP contribution < -0.4 is 4.90 Å². The predicted molar refractivity (Wildman–Crippen MR) is 112 cm³/mol. The van der Waals surface area contributed by atoms with Gasteiger partial charge < -0.3 is 9.80 Å². The Kier molecular flexibility index (Phi) is 4.36. The number of carbonyl (C=O) groups excluding carboxylic acids is 1. The van der Waals surface area contributed by atoms with Crippen molar-refractivity contribution >= 4 is 49.2 Å². The van der Waals surface area contributed by atoms with Gasteiger partial charge in [0.25, 0.3) is 0 Å². The van der Waals surface area contributed by atoms with E-state index in [2.05, 4.69) is 61.1 Å². The van der Waals surface area contributed by atoms with E-state index in [4.69, 9.17) is 0 Å². The number of anilines is 1. The van der Waals surface area contributed by atoms with Gasteiger partial charge in [-0.1, -0.05) is 28.1 Å². The number of benzene rings is 1. The minimum absolute atomic E-state index is 0.299. The fourth-order valence-electron chi connectivity index (χ4n) is 3.55. The van der Waals surface area contributed by atoms with Gasteiger partial charge in [0.1, 0.15) is 12.1 Å². The number of aromatic nitrogens is 2. The Morgan fingerprint density at radius 3 is 2.52 bits per heavy atom. The summed E-state index contributed by atoms with van der Waals surface area (Å²) in [6.07, 6.45) is 3.79. The summed E-state index contributed by atoms with van der Waals surface area (Å²) in [7, 11) is 0. The Morgan fingerprint density at radius 2 is 1.81 bits per heavy atom. The van der Waals surface area contributed by atoms with Crippen molar-refractivity contribution in [2.24, 2.45) is 5.92 Å². The lowest BCUT2D eigenvalue weighted by molar-refractivity contribution is -0.132. The summed E-state index contributed by atoms with van der Waals surface area (Å²) < 4.78 is 2.20. The summed E-state index contributed by atoms with van der Waals surface area (Å²) in [6, 6.07) is 10.5. The molecule has 27 heavy (non-hydrogen) atoms. The molecule has 1 amide bonds. The SMILES string of the molecule is O=C(C1CC1)N1CCN(c2ncnc3cc(-c4ccc(Br)cc4)sc23)CC1. The van der Waals surface area contributed by atoms with Crippen molar-refractivity contribution in [1.82, 2.24) is 14.9 Å². The van der Waals surface area contributed by atoms with Crippen molar-refractivity contribution < 1.29 is 4.79 Å². The van der Waals surface area contributed by atoms with Crippen LogP contribution in [0.4, 0.5) is 5.82 Å². The third kappa shape index (κ3) is 3.34. The van der Waals surface area contributed by atoms with Gasteiger partial charge in [-0.15, -0.1) is 11.3 Å². The van der Waals surface area contributed by atoms with Crippen molar-refractivity contribution in [1.29, 1.82) is 0 Å². The normalized spacial score (nSPS) is 17.5. The molecule has 0 radical (unpaired) electrons. The zero-order valence-electron chi connectivity index (χ0n) is 14.8. The lowest BCUT2D eigenvalue weighted by Gasteiger charge is -2.35. The molecule has 0 spiro atoms. The van der Waals surface area contributed by atoms with Gasteiger partial charge in [0.2, 0.25) is 5.91 Å². The van der Waals surface area contributed by atoms with E-state index < -0.39 is 0 Å². The monoisotopic (exact) mass is 442 g/mol. The third-order valence-corrected chi connectivity index (χ3v) is 6.94. The zero-order valence-corrected chi connectivity index (χ0v) is 17.2. The largest absolute Gasteiger partial charge is 0.352 e. The van der Waals surface area contributed by atoms with Crippen LogP contribution in [0.25, 0.3) is 20.7 Å². The highest BCUT2D eigenvalue weighted by Crippen LogP contribution is 2.37. The Balaban J connectivity index is 1.40. The highest BCUT2D eigenvalue weighted by Gasteiger charge is 2.35. The second-order valence-electron chi connectivity index (χ2n) is 7.12. The van der Waals surface area contributed by atoms with Crippen molar-refractivity contribution in [3.63, 3.8) is 0 Å². The lowest BCUT2D eigenvalue weighted by Crippen LogP contribution is -2.49. The number of carbonyl (C=O) groups is 1. The summed E-state index contributed by atoms with van der Waals surface area (Å²) in [4.78, 5) is 26.9. The van der Waals surface area contributed by atoms with Crippen LogP contribution in [-0.4, -0.2) is 47.0 Å². The van der Waals surface area contributed by atoms with E-state index >= 15 is 0 Å². The molecular weight excluding hydrogens is 424 g/mol. The Morgan fingerprint density at radius 1 is 1.07 bits per heavy atom. The van der Waals surface area contributed by atoms with Gasteiger partial charge in [-0.05, 0) is 36.6 Å². The number of hydrogen-bond donors (Lipinski definition) is 0. The molecule has 2 aliphatic rings. The smallest absolute Gasteiger partial charge is 0.225 e. The first-order valence-corrected chi connectivity index (χ1v) is 10.8. The molecule has 1 saturated heterocycles. The van der Waals surface area contributed by atoms with Gasteiger partial charge >= 0.3 is 0 Å². The minimum atomic E-state index is 0.299. The van der Waals surface area contributed by atoms with Gasteiger partial charge in [0.15, 0.2) is 0 Å². The van der Waals surface area contributed by atoms with Gasteiger partial charge in [0.05, 0.1) is 10.2 Å². The molecule has 0 bridgehead atoms. The van der Waals surface area contributed by atoms with Crippen molar-refractivity contribution in [3.05, 3.63) is 41.1 Å². The molecule has 0 atom stereocenters. The molecule has 1 aliphatic carbocycles. The number of halogens is 1. The van der Waals surface area contributed by atoms with Crippen molar-refractivity contribution in [3.8, 4) is 10.4 Å². The average Bonchev–Trinajstić information content (AvgIpc) is 3.46. The molecule has 138 valence electrons. The summed E-state index contributed by atoms with van der Waals surface area (Å²) in [5, 5.41) is 0. The van der Waals surface area contributed by atoms with Crippen LogP contribution >= 0.6 is 27.3 Å². The number of hydrogen-bond acceptors (Lipinski definition) is 5. The molecule has 1 aromatic carbocycles. The first-order valence-electron chi connectivity index (χ1n) is 9.23. The van der Waals surface area contributed by atoms with Crippen LogP contribution in [0.3, 0.4) is 0 Å². The van der Waals surface area contributed by atoms with Crippen LogP contribution in [0.1, 0.15) is 12.8 Å². The van der Waals surface area contributed by atoms with E-state index in [-0.39, 0.29) is 0 Å². The van der Waals surface area contributed by atoms with E-state index in [9.17, 15) is 4.79 Å². The standard InChI is InChI=1S/C20H19BrN4OS/c21-15-5-3-13(4-6-15)17-11-16-18(27-17)19(23-12-22-16)24-7-9-25(10-8-24)20(26)14-1-2-14/h3-6,11-12,14H,1-2,7-10H2. The molecular formula is C20H19BrN4OS. The number of amides is 1. The maximum absolute atomic E-state index is 12.3. The van der Waals surface area contributed by atoms with E-state index in [1.807, 2.05) is 4.90 Å². The van der Waals surface area contributed by atoms with E-state index in [1.165, 1.54) is 10.4 Å². The summed E-state index contributed by atoms with van der Waals surface area (Å²) in [5.74, 6) is 1.64. The van der Waals surface area contributed by atoms with Gasteiger partial charge in [-0.2, -0.15) is 0 Å². The predicted octanol–water partition coefficient (Wildman–Crippen LogP) is 4.18. The maximum atomic E-state index is 12.3. The van der Waals surface area contributed by atoms with Crippen LogP contribution in [0.5, 0.6) is 0 Å². The fourth-order valence-corrected chi connectivity index (χ4v) is 4.95. The molecule has 2 aromatic heterocycles. The van der Waals surface area contributed by atoms with Crippen molar-refractivity contribution in [2.45, 2.75) is 12.8 Å². The topological polar surface area (TPSA) is 49.3 Å². The first-order chi connectivity index (χ1) is 13.2. The van der Waals surface area contributed by atoms with Crippen LogP contribution in [0, 0.1) is 5.92 Å². The van der Waals surface area contributed by atoms with Crippen LogP contribution in [0.15, 0.2) is 41.1 Å². The second kappa shape index (κ2) is 6.87. The summed E-state index contributed by atoms with van der Waals surface area (Å²) in [5.41, 5.74) is 2.17. The lowest BCUT2D eigenvalue weighted by atomic mass is 10.2. The molecule has 1 aliphatic heterocycles. The van der Waals surface area contributed by atoms with Gasteiger partial charge in [0, 0.05) is 41.4 Å². The van der Waals surface area contributed by atoms with Gasteiger partial charge in [-0.25, -0.2) is 9.97 Å². The Labute approximate surface area is 170 Å². The third-order valence-electron chi connectivity index (χ3n) is 5.24. The molecule has 0 unspecified atom stereocenters. The van der Waals surface area contributed by atoms with Gasteiger partial charge in [-0.3, -0.25) is 4.79 Å². The Bertz CT molecular complexity index is 991. The van der Waals surface area contributed by atoms with E-state index in [0.717, 1.165) is 59.5 Å². The number of fused-ring (bicyclic) bond motifs is 1. The molecule has 5 nitrogen and oxygen atoms in total. The molecule has 1 saturated carbocycles. The van der Waals surface area contributed by atoms with E-state index in [0.29, 0.717) is 11.8 Å². The molecule has 0 N–H and O–H groups in total. The molecule has 3 aromatic rings.